The Morgan fingerprint density at radius 1 is 1.39 bits per heavy atom. The van der Waals surface area contributed by atoms with Crippen molar-refractivity contribution in [2.45, 2.75) is 45.6 Å². The van der Waals surface area contributed by atoms with Gasteiger partial charge in [-0.05, 0) is 19.8 Å². The summed E-state index contributed by atoms with van der Waals surface area (Å²) in [6, 6.07) is 0. The van der Waals surface area contributed by atoms with E-state index >= 15 is 0 Å². The lowest BCUT2D eigenvalue weighted by Gasteiger charge is -2.32. The van der Waals surface area contributed by atoms with Crippen molar-refractivity contribution in [3.05, 3.63) is 11.4 Å². The molecule has 0 radical (unpaired) electrons. The van der Waals surface area contributed by atoms with Crippen molar-refractivity contribution in [3.8, 4) is 0 Å². The number of aromatic nitrogens is 2. The Bertz CT molecular complexity index is 433. The summed E-state index contributed by atoms with van der Waals surface area (Å²) in [5, 5.41) is 9.76. The lowest BCUT2D eigenvalue weighted by Crippen LogP contribution is -2.39. The number of aliphatic hydroxyl groups is 1. The summed E-state index contributed by atoms with van der Waals surface area (Å²) in [5.41, 5.74) is 6.87. The van der Waals surface area contributed by atoms with E-state index in [2.05, 4.69) is 28.7 Å². The second-order valence-corrected chi connectivity index (χ2v) is 5.31. The molecule has 0 aliphatic carbocycles. The van der Waals surface area contributed by atoms with Gasteiger partial charge in [0.2, 0.25) is 0 Å². The molecular formula is C13H22N4O. The topological polar surface area (TPSA) is 75.3 Å². The van der Waals surface area contributed by atoms with Gasteiger partial charge < -0.3 is 15.7 Å². The van der Waals surface area contributed by atoms with Crippen LogP contribution in [0.2, 0.25) is 0 Å². The van der Waals surface area contributed by atoms with E-state index in [1.165, 1.54) is 0 Å². The SMILES string of the molecule is Cc1c(N)nc(C(C)C)nc1N1CCCC(O)C1. The summed E-state index contributed by atoms with van der Waals surface area (Å²) >= 11 is 0. The van der Waals surface area contributed by atoms with Crippen LogP contribution in [0.25, 0.3) is 0 Å². The van der Waals surface area contributed by atoms with Crippen molar-refractivity contribution in [2.75, 3.05) is 23.7 Å². The van der Waals surface area contributed by atoms with Crippen molar-refractivity contribution >= 4 is 11.6 Å². The van der Waals surface area contributed by atoms with Crippen LogP contribution in [0.15, 0.2) is 0 Å². The molecule has 1 saturated heterocycles. The lowest BCUT2D eigenvalue weighted by atomic mass is 10.1. The maximum atomic E-state index is 9.76. The molecule has 1 aliphatic rings. The zero-order valence-corrected chi connectivity index (χ0v) is 11.3. The summed E-state index contributed by atoms with van der Waals surface area (Å²) < 4.78 is 0. The van der Waals surface area contributed by atoms with Crippen molar-refractivity contribution in [3.63, 3.8) is 0 Å². The molecule has 5 heteroatoms. The van der Waals surface area contributed by atoms with Crippen molar-refractivity contribution in [1.29, 1.82) is 0 Å². The minimum atomic E-state index is -0.267. The molecule has 18 heavy (non-hydrogen) atoms. The van der Waals surface area contributed by atoms with Crippen LogP contribution in [0.5, 0.6) is 0 Å². The van der Waals surface area contributed by atoms with Gasteiger partial charge in [0.05, 0.1) is 6.10 Å². The standard InChI is InChI=1S/C13H22N4O/c1-8(2)12-15-11(14)9(3)13(16-12)17-6-4-5-10(18)7-17/h8,10,18H,4-7H2,1-3H3,(H2,14,15,16). The molecule has 0 bridgehead atoms. The monoisotopic (exact) mass is 250 g/mol. The third kappa shape index (κ3) is 2.56. The lowest BCUT2D eigenvalue weighted by molar-refractivity contribution is 0.154. The van der Waals surface area contributed by atoms with Crippen LogP contribution in [0.4, 0.5) is 11.6 Å². The highest BCUT2D eigenvalue weighted by Crippen LogP contribution is 2.26. The number of hydrogen-bond donors (Lipinski definition) is 2. The van der Waals surface area contributed by atoms with Gasteiger partial charge in [0.15, 0.2) is 0 Å². The van der Waals surface area contributed by atoms with Gasteiger partial charge in [-0.3, -0.25) is 0 Å². The minimum absolute atomic E-state index is 0.251. The molecule has 0 aromatic carbocycles. The molecule has 2 heterocycles. The highest BCUT2D eigenvalue weighted by molar-refractivity contribution is 5.57. The molecule has 1 aromatic rings. The first-order valence-electron chi connectivity index (χ1n) is 6.56. The second kappa shape index (κ2) is 5.10. The first kappa shape index (κ1) is 13.1. The highest BCUT2D eigenvalue weighted by atomic mass is 16.3. The molecule has 1 aromatic heterocycles. The molecule has 100 valence electrons. The number of nitrogens with two attached hydrogens (primary N) is 1. The van der Waals surface area contributed by atoms with E-state index in [0.717, 1.165) is 36.6 Å². The van der Waals surface area contributed by atoms with Crippen LogP contribution in [0.3, 0.4) is 0 Å². The maximum absolute atomic E-state index is 9.76. The van der Waals surface area contributed by atoms with Crippen LogP contribution in [0, 0.1) is 6.92 Å². The van der Waals surface area contributed by atoms with Crippen LogP contribution < -0.4 is 10.6 Å². The Morgan fingerprint density at radius 3 is 2.72 bits per heavy atom. The Kier molecular flexibility index (Phi) is 3.71. The van der Waals surface area contributed by atoms with Gasteiger partial charge in [-0.15, -0.1) is 0 Å². The third-order valence-corrected chi connectivity index (χ3v) is 3.39. The Balaban J connectivity index is 2.36. The quantitative estimate of drug-likeness (QED) is 0.831. The van der Waals surface area contributed by atoms with Gasteiger partial charge >= 0.3 is 0 Å². The van der Waals surface area contributed by atoms with E-state index in [1.807, 2.05) is 6.92 Å². The Morgan fingerprint density at radius 2 is 2.11 bits per heavy atom. The predicted molar refractivity (Wildman–Crippen MR) is 72.7 cm³/mol. The fourth-order valence-electron chi connectivity index (χ4n) is 2.25. The molecule has 5 nitrogen and oxygen atoms in total. The summed E-state index contributed by atoms with van der Waals surface area (Å²) in [4.78, 5) is 11.1. The first-order valence-corrected chi connectivity index (χ1v) is 6.56. The average Bonchev–Trinajstić information content (AvgIpc) is 2.32. The molecular weight excluding hydrogens is 228 g/mol. The van der Waals surface area contributed by atoms with Gasteiger partial charge in [-0.1, -0.05) is 13.8 Å². The molecule has 3 N–H and O–H groups in total. The number of β-amino-alcohol motifs (C(OH)–C–C–N with tert-alkyl or cyclic N) is 1. The number of anilines is 2. The van der Waals surface area contributed by atoms with E-state index in [1.54, 1.807) is 0 Å². The van der Waals surface area contributed by atoms with Crippen LogP contribution >= 0.6 is 0 Å². The number of hydrogen-bond acceptors (Lipinski definition) is 5. The van der Waals surface area contributed by atoms with Gasteiger partial charge in [-0.25, -0.2) is 9.97 Å². The molecule has 0 amide bonds. The van der Waals surface area contributed by atoms with E-state index < -0.39 is 0 Å². The zero-order chi connectivity index (χ0) is 13.3. The van der Waals surface area contributed by atoms with Gasteiger partial charge in [0, 0.05) is 24.6 Å². The van der Waals surface area contributed by atoms with E-state index in [9.17, 15) is 5.11 Å². The third-order valence-electron chi connectivity index (χ3n) is 3.39. The molecule has 0 saturated carbocycles. The summed E-state index contributed by atoms with van der Waals surface area (Å²) in [6.07, 6.45) is 1.59. The molecule has 1 fully saturated rings. The van der Waals surface area contributed by atoms with E-state index in [0.29, 0.717) is 12.4 Å². The van der Waals surface area contributed by atoms with E-state index in [-0.39, 0.29) is 12.0 Å². The maximum Gasteiger partial charge on any atom is 0.137 e. The first-order chi connectivity index (χ1) is 8.49. The normalized spacial score (nSPS) is 20.5. The summed E-state index contributed by atoms with van der Waals surface area (Å²) in [6.45, 7) is 7.61. The number of aliphatic hydroxyl groups excluding tert-OH is 1. The number of nitrogens with zero attached hydrogens (tertiary/aromatic N) is 3. The fourth-order valence-corrected chi connectivity index (χ4v) is 2.25. The molecule has 2 rings (SSSR count). The Hall–Kier alpha value is -1.36. The fraction of sp³-hybridized carbons (Fsp3) is 0.692. The van der Waals surface area contributed by atoms with E-state index in [4.69, 9.17) is 5.73 Å². The smallest absolute Gasteiger partial charge is 0.137 e. The summed E-state index contributed by atoms with van der Waals surface area (Å²) in [7, 11) is 0. The Labute approximate surface area is 108 Å². The van der Waals surface area contributed by atoms with Crippen molar-refractivity contribution in [1.82, 2.24) is 9.97 Å². The van der Waals surface area contributed by atoms with Gasteiger partial charge in [0.1, 0.15) is 17.5 Å². The van der Waals surface area contributed by atoms with Gasteiger partial charge in [-0.2, -0.15) is 0 Å². The molecule has 1 atom stereocenters. The van der Waals surface area contributed by atoms with Crippen LogP contribution in [-0.2, 0) is 0 Å². The van der Waals surface area contributed by atoms with Crippen LogP contribution in [0.1, 0.15) is 44.0 Å². The minimum Gasteiger partial charge on any atom is -0.391 e. The molecule has 0 spiro atoms. The van der Waals surface area contributed by atoms with Crippen molar-refractivity contribution < 1.29 is 5.11 Å². The number of rotatable bonds is 2. The molecule has 1 unspecified atom stereocenters. The molecule has 1 aliphatic heterocycles. The summed E-state index contributed by atoms with van der Waals surface area (Å²) in [5.74, 6) is 2.45. The zero-order valence-electron chi connectivity index (χ0n) is 11.3. The number of nitrogen functional groups attached to an aromatic ring is 1. The average molecular weight is 250 g/mol. The van der Waals surface area contributed by atoms with Crippen LogP contribution in [-0.4, -0.2) is 34.3 Å². The largest absolute Gasteiger partial charge is 0.391 e. The van der Waals surface area contributed by atoms with Crippen molar-refractivity contribution in [2.24, 2.45) is 0 Å². The van der Waals surface area contributed by atoms with Gasteiger partial charge in [0.25, 0.3) is 0 Å². The number of piperidine rings is 1. The second-order valence-electron chi connectivity index (χ2n) is 5.31. The highest BCUT2D eigenvalue weighted by Gasteiger charge is 2.22. The predicted octanol–water partition coefficient (Wildman–Crippen LogP) is 1.45.